The number of carbonyl (C=O) groups is 1. The van der Waals surface area contributed by atoms with Gasteiger partial charge in [-0.05, 0) is 37.1 Å². The van der Waals surface area contributed by atoms with Crippen LogP contribution in [-0.4, -0.2) is 50.1 Å². The molecular formula is C16H26ClN3O. The van der Waals surface area contributed by atoms with Crippen LogP contribution in [0.3, 0.4) is 0 Å². The van der Waals surface area contributed by atoms with Gasteiger partial charge in [0, 0.05) is 38.3 Å². The maximum absolute atomic E-state index is 12.0. The van der Waals surface area contributed by atoms with Crippen LogP contribution in [0.15, 0.2) is 24.3 Å². The van der Waals surface area contributed by atoms with E-state index in [1.54, 1.807) is 0 Å². The topological polar surface area (TPSA) is 44.4 Å². The molecule has 0 aromatic heterocycles. The number of nitrogens with one attached hydrogen (secondary N) is 2. The van der Waals surface area contributed by atoms with E-state index in [0.717, 1.165) is 57.7 Å². The predicted octanol–water partition coefficient (Wildman–Crippen LogP) is 1.70. The summed E-state index contributed by atoms with van der Waals surface area (Å²) in [6.45, 7) is 8.32. The standard InChI is InChI=1S/C16H25N3O.ClH/c1-2-14-4-6-15(7-5-14)16(20)18-8-3-11-19-12-9-17-10-13-19;/h4-7,17H,2-3,8-13H2,1H3,(H,18,20);1H. The first-order chi connectivity index (χ1) is 9.79. The zero-order chi connectivity index (χ0) is 14.2. The highest BCUT2D eigenvalue weighted by molar-refractivity contribution is 5.94. The third-order valence-electron chi connectivity index (χ3n) is 3.77. The van der Waals surface area contributed by atoms with Gasteiger partial charge in [-0.25, -0.2) is 0 Å². The first-order valence-electron chi connectivity index (χ1n) is 7.60. The van der Waals surface area contributed by atoms with Crippen molar-refractivity contribution in [2.45, 2.75) is 19.8 Å². The highest BCUT2D eigenvalue weighted by atomic mass is 35.5. The number of aryl methyl sites for hydroxylation is 1. The molecule has 1 amide bonds. The third kappa shape index (κ3) is 6.04. The summed E-state index contributed by atoms with van der Waals surface area (Å²) in [7, 11) is 0. The molecule has 0 atom stereocenters. The SMILES string of the molecule is CCc1ccc(C(=O)NCCCN2CCNCC2)cc1.Cl. The molecule has 0 aliphatic carbocycles. The molecule has 1 aromatic rings. The highest BCUT2D eigenvalue weighted by Gasteiger charge is 2.09. The molecule has 1 saturated heterocycles. The summed E-state index contributed by atoms with van der Waals surface area (Å²) in [5.41, 5.74) is 2.02. The van der Waals surface area contributed by atoms with Crippen molar-refractivity contribution < 1.29 is 4.79 Å². The molecule has 5 heteroatoms. The lowest BCUT2D eigenvalue weighted by Gasteiger charge is -2.27. The van der Waals surface area contributed by atoms with Crippen molar-refractivity contribution in [2.24, 2.45) is 0 Å². The van der Waals surface area contributed by atoms with E-state index in [0.29, 0.717) is 0 Å². The Morgan fingerprint density at radius 3 is 2.52 bits per heavy atom. The summed E-state index contributed by atoms with van der Waals surface area (Å²) >= 11 is 0. The molecule has 1 heterocycles. The van der Waals surface area contributed by atoms with E-state index < -0.39 is 0 Å². The first-order valence-corrected chi connectivity index (χ1v) is 7.60. The summed E-state index contributed by atoms with van der Waals surface area (Å²) in [5.74, 6) is 0.0352. The van der Waals surface area contributed by atoms with Crippen molar-refractivity contribution >= 4 is 18.3 Å². The van der Waals surface area contributed by atoms with Gasteiger partial charge in [-0.2, -0.15) is 0 Å². The molecule has 0 saturated carbocycles. The van der Waals surface area contributed by atoms with Crippen molar-refractivity contribution in [1.82, 2.24) is 15.5 Å². The van der Waals surface area contributed by atoms with Gasteiger partial charge >= 0.3 is 0 Å². The van der Waals surface area contributed by atoms with Crippen LogP contribution < -0.4 is 10.6 Å². The lowest BCUT2D eigenvalue weighted by molar-refractivity contribution is 0.0951. The van der Waals surface area contributed by atoms with Gasteiger partial charge in [0.15, 0.2) is 0 Å². The Hall–Kier alpha value is -1.10. The number of hydrogen-bond donors (Lipinski definition) is 2. The van der Waals surface area contributed by atoms with E-state index in [1.807, 2.05) is 24.3 Å². The Balaban J connectivity index is 0.00000220. The lowest BCUT2D eigenvalue weighted by atomic mass is 10.1. The molecule has 2 rings (SSSR count). The third-order valence-corrected chi connectivity index (χ3v) is 3.77. The predicted molar refractivity (Wildman–Crippen MR) is 89.3 cm³/mol. The van der Waals surface area contributed by atoms with Crippen molar-refractivity contribution in [3.05, 3.63) is 35.4 Å². The van der Waals surface area contributed by atoms with E-state index in [1.165, 1.54) is 5.56 Å². The minimum Gasteiger partial charge on any atom is -0.352 e. The molecule has 21 heavy (non-hydrogen) atoms. The summed E-state index contributed by atoms with van der Waals surface area (Å²) in [4.78, 5) is 14.4. The molecule has 1 fully saturated rings. The number of nitrogens with zero attached hydrogens (tertiary/aromatic N) is 1. The fourth-order valence-electron chi connectivity index (χ4n) is 2.43. The Morgan fingerprint density at radius 1 is 1.24 bits per heavy atom. The monoisotopic (exact) mass is 311 g/mol. The minimum absolute atomic E-state index is 0. The smallest absolute Gasteiger partial charge is 0.251 e. The Morgan fingerprint density at radius 2 is 1.90 bits per heavy atom. The summed E-state index contributed by atoms with van der Waals surface area (Å²) in [6, 6.07) is 7.86. The maximum Gasteiger partial charge on any atom is 0.251 e. The van der Waals surface area contributed by atoms with Crippen LogP contribution in [-0.2, 0) is 6.42 Å². The highest BCUT2D eigenvalue weighted by Crippen LogP contribution is 2.05. The number of halogens is 1. The average Bonchev–Trinajstić information content (AvgIpc) is 2.52. The molecule has 118 valence electrons. The molecule has 4 nitrogen and oxygen atoms in total. The van der Waals surface area contributed by atoms with Crippen LogP contribution in [0.1, 0.15) is 29.3 Å². The van der Waals surface area contributed by atoms with E-state index in [4.69, 9.17) is 0 Å². The van der Waals surface area contributed by atoms with Crippen LogP contribution >= 0.6 is 12.4 Å². The van der Waals surface area contributed by atoms with Crippen molar-refractivity contribution in [3.8, 4) is 0 Å². The fraction of sp³-hybridized carbons (Fsp3) is 0.562. The zero-order valence-electron chi connectivity index (χ0n) is 12.7. The number of benzene rings is 1. The number of hydrogen-bond acceptors (Lipinski definition) is 3. The van der Waals surface area contributed by atoms with Crippen LogP contribution in [0, 0.1) is 0 Å². The van der Waals surface area contributed by atoms with Crippen LogP contribution in [0.4, 0.5) is 0 Å². The molecule has 0 spiro atoms. The summed E-state index contributed by atoms with van der Waals surface area (Å²) in [5, 5.41) is 6.34. The van der Waals surface area contributed by atoms with Crippen LogP contribution in [0.25, 0.3) is 0 Å². The number of amides is 1. The molecule has 2 N–H and O–H groups in total. The van der Waals surface area contributed by atoms with Crippen LogP contribution in [0.5, 0.6) is 0 Å². The maximum atomic E-state index is 12.0. The van der Waals surface area contributed by atoms with Crippen LogP contribution in [0.2, 0.25) is 0 Å². The van der Waals surface area contributed by atoms with Crippen molar-refractivity contribution in [2.75, 3.05) is 39.3 Å². The van der Waals surface area contributed by atoms with E-state index in [-0.39, 0.29) is 18.3 Å². The Labute approximate surface area is 133 Å². The molecule has 1 aliphatic rings. The lowest BCUT2D eigenvalue weighted by Crippen LogP contribution is -2.44. The number of carbonyl (C=O) groups excluding carboxylic acids is 1. The van der Waals surface area contributed by atoms with Gasteiger partial charge < -0.3 is 15.5 Å². The van der Waals surface area contributed by atoms with E-state index in [2.05, 4.69) is 22.5 Å². The largest absolute Gasteiger partial charge is 0.352 e. The summed E-state index contributed by atoms with van der Waals surface area (Å²) < 4.78 is 0. The van der Waals surface area contributed by atoms with Gasteiger partial charge in [-0.15, -0.1) is 12.4 Å². The molecule has 0 bridgehead atoms. The molecule has 0 radical (unpaired) electrons. The average molecular weight is 312 g/mol. The van der Waals surface area contributed by atoms with E-state index in [9.17, 15) is 4.79 Å². The fourth-order valence-corrected chi connectivity index (χ4v) is 2.43. The number of rotatable bonds is 6. The first kappa shape index (κ1) is 18.0. The van der Waals surface area contributed by atoms with E-state index >= 15 is 0 Å². The van der Waals surface area contributed by atoms with Gasteiger partial charge in [0.25, 0.3) is 5.91 Å². The van der Waals surface area contributed by atoms with Crippen molar-refractivity contribution in [1.29, 1.82) is 0 Å². The molecular weight excluding hydrogens is 286 g/mol. The quantitative estimate of drug-likeness (QED) is 0.786. The normalized spacial score (nSPS) is 15.3. The van der Waals surface area contributed by atoms with Crippen molar-refractivity contribution in [3.63, 3.8) is 0 Å². The second-order valence-corrected chi connectivity index (χ2v) is 5.25. The van der Waals surface area contributed by atoms with Gasteiger partial charge in [-0.3, -0.25) is 4.79 Å². The Bertz CT molecular complexity index is 416. The summed E-state index contributed by atoms with van der Waals surface area (Å²) in [6.07, 6.45) is 2.02. The Kier molecular flexibility index (Phi) is 8.35. The van der Waals surface area contributed by atoms with Gasteiger partial charge in [0.05, 0.1) is 0 Å². The zero-order valence-corrected chi connectivity index (χ0v) is 13.5. The molecule has 1 aliphatic heterocycles. The second-order valence-electron chi connectivity index (χ2n) is 5.25. The van der Waals surface area contributed by atoms with Gasteiger partial charge in [-0.1, -0.05) is 19.1 Å². The second kappa shape index (κ2) is 9.77. The minimum atomic E-state index is 0. The number of piperazine rings is 1. The van der Waals surface area contributed by atoms with Gasteiger partial charge in [0.1, 0.15) is 0 Å². The molecule has 1 aromatic carbocycles. The molecule has 0 unspecified atom stereocenters. The van der Waals surface area contributed by atoms with Gasteiger partial charge in [0.2, 0.25) is 0 Å².